The number of carbonyl (C=O) groups is 1. The molecule has 0 bridgehead atoms. The number of hydrogen-bond acceptors (Lipinski definition) is 4. The van der Waals surface area contributed by atoms with E-state index >= 15 is 0 Å². The average molecular weight is 338 g/mol. The van der Waals surface area contributed by atoms with Gasteiger partial charge in [0.1, 0.15) is 0 Å². The van der Waals surface area contributed by atoms with Crippen molar-refractivity contribution in [2.45, 2.75) is 32.5 Å². The quantitative estimate of drug-likeness (QED) is 0.866. The van der Waals surface area contributed by atoms with E-state index < -0.39 is 17.6 Å². The van der Waals surface area contributed by atoms with Crippen LogP contribution >= 0.6 is 0 Å². The third-order valence-corrected chi connectivity index (χ3v) is 3.35. The normalized spacial score (nSPS) is 12.5. The summed E-state index contributed by atoms with van der Waals surface area (Å²) < 4.78 is 38.0. The number of nitrogens with one attached hydrogen (secondary N) is 2. The van der Waals surface area contributed by atoms with Crippen LogP contribution in [0.1, 0.15) is 36.2 Å². The van der Waals surface area contributed by atoms with Crippen LogP contribution in [0, 0.1) is 0 Å². The van der Waals surface area contributed by atoms with Crippen LogP contribution in [0.25, 0.3) is 0 Å². The highest BCUT2D eigenvalue weighted by atomic mass is 19.4. The molecule has 0 fully saturated rings. The zero-order chi connectivity index (χ0) is 17.7. The first-order valence-electron chi connectivity index (χ1n) is 7.36. The highest BCUT2D eigenvalue weighted by Crippen LogP contribution is 2.30. The molecule has 1 aromatic carbocycles. The van der Waals surface area contributed by atoms with Crippen molar-refractivity contribution in [3.8, 4) is 0 Å². The SMILES string of the molecule is CCC(C)Nc1ncc(C(=O)Nc2cccc(C(F)(F)F)c2)cn1. The number of halogens is 3. The summed E-state index contributed by atoms with van der Waals surface area (Å²) in [5.41, 5.74) is -0.622. The van der Waals surface area contributed by atoms with Gasteiger partial charge in [0.2, 0.25) is 5.95 Å². The third kappa shape index (κ3) is 4.68. The van der Waals surface area contributed by atoms with Gasteiger partial charge in [-0.3, -0.25) is 4.79 Å². The van der Waals surface area contributed by atoms with Gasteiger partial charge in [0.15, 0.2) is 0 Å². The number of rotatable bonds is 5. The monoisotopic (exact) mass is 338 g/mol. The van der Waals surface area contributed by atoms with Crippen LogP contribution in [-0.2, 0) is 6.18 Å². The van der Waals surface area contributed by atoms with Gasteiger partial charge >= 0.3 is 6.18 Å². The molecular formula is C16H17F3N4O. The fourth-order valence-corrected chi connectivity index (χ4v) is 1.82. The first-order chi connectivity index (χ1) is 11.3. The summed E-state index contributed by atoms with van der Waals surface area (Å²) in [6.07, 6.45) is -0.935. The molecule has 0 saturated carbocycles. The topological polar surface area (TPSA) is 66.9 Å². The van der Waals surface area contributed by atoms with E-state index in [9.17, 15) is 18.0 Å². The van der Waals surface area contributed by atoms with Crippen molar-refractivity contribution in [3.05, 3.63) is 47.8 Å². The van der Waals surface area contributed by atoms with Crippen molar-refractivity contribution in [1.29, 1.82) is 0 Å². The molecule has 128 valence electrons. The second kappa shape index (κ2) is 7.29. The molecule has 0 radical (unpaired) electrons. The molecule has 2 rings (SSSR count). The van der Waals surface area contributed by atoms with Crippen LogP contribution in [-0.4, -0.2) is 21.9 Å². The Kier molecular flexibility index (Phi) is 5.38. The van der Waals surface area contributed by atoms with Crippen molar-refractivity contribution in [2.24, 2.45) is 0 Å². The molecule has 1 atom stereocenters. The van der Waals surface area contributed by atoms with Gasteiger partial charge < -0.3 is 10.6 Å². The Morgan fingerprint density at radius 2 is 1.92 bits per heavy atom. The van der Waals surface area contributed by atoms with Crippen LogP contribution in [0.5, 0.6) is 0 Å². The second-order valence-corrected chi connectivity index (χ2v) is 5.28. The summed E-state index contributed by atoms with van der Waals surface area (Å²) in [6.45, 7) is 3.98. The van der Waals surface area contributed by atoms with E-state index in [1.54, 1.807) is 0 Å². The second-order valence-electron chi connectivity index (χ2n) is 5.28. The molecule has 0 spiro atoms. The van der Waals surface area contributed by atoms with E-state index in [1.165, 1.54) is 24.5 Å². The molecule has 8 heteroatoms. The molecule has 1 amide bonds. The Morgan fingerprint density at radius 1 is 1.25 bits per heavy atom. The maximum Gasteiger partial charge on any atom is 0.416 e. The molecule has 1 aromatic heterocycles. The Labute approximate surface area is 137 Å². The number of amides is 1. The summed E-state index contributed by atoms with van der Waals surface area (Å²) in [6, 6.07) is 4.61. The number of benzene rings is 1. The molecule has 0 aliphatic rings. The Morgan fingerprint density at radius 3 is 2.50 bits per heavy atom. The van der Waals surface area contributed by atoms with E-state index in [0.717, 1.165) is 18.6 Å². The molecule has 2 N–H and O–H groups in total. The molecule has 1 unspecified atom stereocenters. The van der Waals surface area contributed by atoms with Crippen LogP contribution in [0.3, 0.4) is 0 Å². The molecule has 0 aliphatic heterocycles. The third-order valence-electron chi connectivity index (χ3n) is 3.35. The summed E-state index contributed by atoms with van der Waals surface area (Å²) in [5.74, 6) is -0.190. The number of anilines is 2. The number of hydrogen-bond donors (Lipinski definition) is 2. The highest BCUT2D eigenvalue weighted by molar-refractivity contribution is 6.03. The number of carbonyl (C=O) groups excluding carboxylic acids is 1. The molecule has 1 heterocycles. The predicted molar refractivity (Wildman–Crippen MR) is 84.8 cm³/mol. The summed E-state index contributed by atoms with van der Waals surface area (Å²) >= 11 is 0. The van der Waals surface area contributed by atoms with Crippen molar-refractivity contribution in [2.75, 3.05) is 10.6 Å². The van der Waals surface area contributed by atoms with Crippen LogP contribution in [0.4, 0.5) is 24.8 Å². The van der Waals surface area contributed by atoms with E-state index in [-0.39, 0.29) is 17.3 Å². The minimum atomic E-state index is -4.47. The Hall–Kier alpha value is -2.64. The van der Waals surface area contributed by atoms with Crippen LogP contribution in [0.2, 0.25) is 0 Å². The minimum Gasteiger partial charge on any atom is -0.352 e. The maximum absolute atomic E-state index is 12.7. The van der Waals surface area contributed by atoms with Gasteiger partial charge in [-0.15, -0.1) is 0 Å². The molecule has 5 nitrogen and oxygen atoms in total. The lowest BCUT2D eigenvalue weighted by molar-refractivity contribution is -0.137. The van der Waals surface area contributed by atoms with Gasteiger partial charge in [-0.2, -0.15) is 13.2 Å². The fourth-order valence-electron chi connectivity index (χ4n) is 1.82. The van der Waals surface area contributed by atoms with Crippen LogP contribution < -0.4 is 10.6 Å². The van der Waals surface area contributed by atoms with Crippen LogP contribution in [0.15, 0.2) is 36.7 Å². The number of aromatic nitrogens is 2. The summed E-state index contributed by atoms with van der Waals surface area (Å²) in [5, 5.41) is 5.46. The van der Waals surface area contributed by atoms with E-state index in [2.05, 4.69) is 20.6 Å². The van der Waals surface area contributed by atoms with Gasteiger partial charge in [0.25, 0.3) is 5.91 Å². The van der Waals surface area contributed by atoms with Gasteiger partial charge in [-0.05, 0) is 31.5 Å². The Bertz CT molecular complexity index is 701. The smallest absolute Gasteiger partial charge is 0.352 e. The van der Waals surface area contributed by atoms with Crippen molar-refractivity contribution >= 4 is 17.5 Å². The predicted octanol–water partition coefficient (Wildman–Crippen LogP) is 3.96. The first-order valence-corrected chi connectivity index (χ1v) is 7.36. The Balaban J connectivity index is 2.07. The molecule has 24 heavy (non-hydrogen) atoms. The summed E-state index contributed by atoms with van der Waals surface area (Å²) in [7, 11) is 0. The van der Waals surface area contributed by atoms with Gasteiger partial charge in [-0.1, -0.05) is 13.0 Å². The molecule has 0 saturated heterocycles. The van der Waals surface area contributed by atoms with E-state index in [4.69, 9.17) is 0 Å². The van der Waals surface area contributed by atoms with Gasteiger partial charge in [0, 0.05) is 24.1 Å². The standard InChI is InChI=1S/C16H17F3N4O/c1-3-10(2)22-15-20-8-11(9-21-15)14(24)23-13-6-4-5-12(7-13)16(17,18)19/h4-10H,3H2,1-2H3,(H,23,24)(H,20,21,22). The lowest BCUT2D eigenvalue weighted by atomic mass is 10.2. The minimum absolute atomic E-state index is 0.0524. The molecule has 0 aliphatic carbocycles. The highest BCUT2D eigenvalue weighted by Gasteiger charge is 2.30. The zero-order valence-corrected chi connectivity index (χ0v) is 13.2. The van der Waals surface area contributed by atoms with E-state index in [0.29, 0.717) is 5.95 Å². The maximum atomic E-state index is 12.7. The first kappa shape index (κ1) is 17.7. The number of nitrogens with zero attached hydrogens (tertiary/aromatic N) is 2. The lowest BCUT2D eigenvalue weighted by Crippen LogP contribution is -2.17. The van der Waals surface area contributed by atoms with Crippen molar-refractivity contribution < 1.29 is 18.0 Å². The summed E-state index contributed by atoms with van der Waals surface area (Å²) in [4.78, 5) is 20.1. The van der Waals surface area contributed by atoms with Gasteiger partial charge in [0.05, 0.1) is 11.1 Å². The van der Waals surface area contributed by atoms with Crippen molar-refractivity contribution in [3.63, 3.8) is 0 Å². The van der Waals surface area contributed by atoms with E-state index in [1.807, 2.05) is 13.8 Å². The largest absolute Gasteiger partial charge is 0.416 e. The average Bonchev–Trinajstić information content (AvgIpc) is 2.54. The molecule has 2 aromatic rings. The molecular weight excluding hydrogens is 321 g/mol. The number of alkyl halides is 3. The van der Waals surface area contributed by atoms with Crippen molar-refractivity contribution in [1.82, 2.24) is 9.97 Å². The van der Waals surface area contributed by atoms with Gasteiger partial charge in [-0.25, -0.2) is 9.97 Å². The fraction of sp³-hybridized carbons (Fsp3) is 0.312. The zero-order valence-electron chi connectivity index (χ0n) is 13.2. The lowest BCUT2D eigenvalue weighted by Gasteiger charge is -2.11.